The number of hydrogen-bond donors (Lipinski definition) is 1. The molecular weight excluding hydrogens is 432 g/mol. The van der Waals surface area contributed by atoms with Gasteiger partial charge in [0.05, 0.1) is 33.1 Å². The van der Waals surface area contributed by atoms with Gasteiger partial charge >= 0.3 is 0 Å². The first kappa shape index (κ1) is 22.3. The Labute approximate surface area is 195 Å². The van der Waals surface area contributed by atoms with Crippen LogP contribution in [0.15, 0.2) is 76.7 Å². The van der Waals surface area contributed by atoms with Crippen LogP contribution in [0.1, 0.15) is 23.6 Å². The average Bonchev–Trinajstić information content (AvgIpc) is 2.79. The highest BCUT2D eigenvalue weighted by Crippen LogP contribution is 2.27. The van der Waals surface area contributed by atoms with Crippen molar-refractivity contribution in [2.24, 2.45) is 0 Å². The average molecular weight is 455 g/mol. The molecule has 0 saturated heterocycles. The van der Waals surface area contributed by atoms with E-state index in [2.05, 4.69) is 11.4 Å². The summed E-state index contributed by atoms with van der Waals surface area (Å²) in [7, 11) is 0. The van der Waals surface area contributed by atoms with Crippen LogP contribution in [0.4, 0.5) is 5.69 Å². The van der Waals surface area contributed by atoms with Crippen molar-refractivity contribution in [2.75, 3.05) is 5.32 Å². The zero-order chi connectivity index (χ0) is 23.5. The Hall–Kier alpha value is -3.89. The Balaban J connectivity index is 1.76. The molecule has 4 aromatic rings. The van der Waals surface area contributed by atoms with Crippen LogP contribution in [0.2, 0.25) is 0 Å². The van der Waals surface area contributed by atoms with Gasteiger partial charge in [-0.1, -0.05) is 42.1 Å². The Morgan fingerprint density at radius 1 is 1.06 bits per heavy atom. The molecule has 6 nitrogen and oxygen atoms in total. The van der Waals surface area contributed by atoms with E-state index in [-0.39, 0.29) is 11.5 Å². The van der Waals surface area contributed by atoms with Gasteiger partial charge in [-0.05, 0) is 68.3 Å². The number of nitrogens with zero attached hydrogens (tertiary/aromatic N) is 3. The quantitative estimate of drug-likeness (QED) is 0.339. The van der Waals surface area contributed by atoms with Gasteiger partial charge in [0.15, 0.2) is 5.16 Å². The summed E-state index contributed by atoms with van der Waals surface area (Å²) < 4.78 is 1.57. The van der Waals surface area contributed by atoms with Crippen LogP contribution < -0.4 is 10.9 Å². The predicted molar refractivity (Wildman–Crippen MR) is 132 cm³/mol. The van der Waals surface area contributed by atoms with Gasteiger partial charge in [-0.15, -0.1) is 0 Å². The number of aromatic nitrogens is 2. The van der Waals surface area contributed by atoms with Gasteiger partial charge in [0.25, 0.3) is 5.56 Å². The minimum absolute atomic E-state index is 0.185. The van der Waals surface area contributed by atoms with Gasteiger partial charge < -0.3 is 5.32 Å². The van der Waals surface area contributed by atoms with Crippen LogP contribution in [-0.2, 0) is 4.79 Å². The Morgan fingerprint density at radius 3 is 2.45 bits per heavy atom. The lowest BCUT2D eigenvalue weighted by atomic mass is 10.1. The molecule has 0 radical (unpaired) electrons. The molecule has 3 aromatic carbocycles. The largest absolute Gasteiger partial charge is 0.324 e. The first-order chi connectivity index (χ1) is 15.9. The van der Waals surface area contributed by atoms with Crippen molar-refractivity contribution in [2.45, 2.75) is 31.2 Å². The van der Waals surface area contributed by atoms with Crippen LogP contribution in [0.5, 0.6) is 0 Å². The molecule has 0 saturated carbocycles. The molecule has 0 aliphatic heterocycles. The van der Waals surface area contributed by atoms with Crippen molar-refractivity contribution in [3.05, 3.63) is 93.8 Å². The van der Waals surface area contributed by atoms with Crippen molar-refractivity contribution in [1.29, 1.82) is 5.26 Å². The molecule has 4 rings (SSSR count). The summed E-state index contributed by atoms with van der Waals surface area (Å²) in [5.74, 6) is -0.280. The van der Waals surface area contributed by atoms with E-state index in [4.69, 9.17) is 4.98 Å². The third kappa shape index (κ3) is 4.66. The lowest BCUT2D eigenvalue weighted by Crippen LogP contribution is -2.26. The van der Waals surface area contributed by atoms with Crippen LogP contribution in [0.3, 0.4) is 0 Å². The number of nitrogens with one attached hydrogen (secondary N) is 1. The molecule has 0 bridgehead atoms. The van der Waals surface area contributed by atoms with Gasteiger partial charge in [0.1, 0.15) is 6.07 Å². The first-order valence-corrected chi connectivity index (χ1v) is 11.3. The number of rotatable bonds is 5. The highest BCUT2D eigenvalue weighted by molar-refractivity contribution is 8.00. The highest BCUT2D eigenvalue weighted by atomic mass is 32.2. The third-order valence-corrected chi connectivity index (χ3v) is 6.22. The number of aryl methyl sites for hydroxylation is 2. The van der Waals surface area contributed by atoms with Crippen LogP contribution in [0.25, 0.3) is 16.6 Å². The second kappa shape index (κ2) is 9.31. The fraction of sp³-hybridized carbons (Fsp3) is 0.154. The molecule has 1 aromatic heterocycles. The van der Waals surface area contributed by atoms with Gasteiger partial charge in [0.2, 0.25) is 5.91 Å². The molecule has 0 fully saturated rings. The molecular formula is C26H22N4O2S. The monoisotopic (exact) mass is 454 g/mol. The number of amides is 1. The van der Waals surface area contributed by atoms with E-state index >= 15 is 0 Å². The molecule has 1 atom stereocenters. The molecule has 164 valence electrons. The van der Waals surface area contributed by atoms with E-state index < -0.39 is 5.25 Å². The fourth-order valence-electron chi connectivity index (χ4n) is 3.63. The van der Waals surface area contributed by atoms with E-state index in [9.17, 15) is 14.9 Å². The summed E-state index contributed by atoms with van der Waals surface area (Å²) in [5.41, 5.74) is 4.00. The van der Waals surface area contributed by atoms with Gasteiger partial charge in [-0.25, -0.2) is 4.98 Å². The number of carbonyl (C=O) groups excluding carboxylic acids is 1. The maximum Gasteiger partial charge on any atom is 0.266 e. The molecule has 0 aliphatic carbocycles. The maximum atomic E-state index is 13.5. The van der Waals surface area contributed by atoms with Crippen molar-refractivity contribution in [3.63, 3.8) is 0 Å². The number of benzene rings is 3. The van der Waals surface area contributed by atoms with E-state index in [0.29, 0.717) is 33.0 Å². The Kier molecular flexibility index (Phi) is 6.29. The van der Waals surface area contributed by atoms with Crippen LogP contribution in [0, 0.1) is 25.2 Å². The van der Waals surface area contributed by atoms with E-state index in [0.717, 1.165) is 11.1 Å². The van der Waals surface area contributed by atoms with Crippen molar-refractivity contribution in [1.82, 2.24) is 9.55 Å². The SMILES string of the molecule is Cc1cc(C)cc(-n2c(SC(C)C(=O)Nc3ccccc3C#N)nc3ccccc3c2=O)c1. The second-order valence-electron chi connectivity index (χ2n) is 7.80. The van der Waals surface area contributed by atoms with Gasteiger partial charge in [-0.2, -0.15) is 5.26 Å². The third-order valence-electron chi connectivity index (χ3n) is 5.17. The summed E-state index contributed by atoms with van der Waals surface area (Å²) in [6.45, 7) is 5.71. The minimum atomic E-state index is -0.568. The smallest absolute Gasteiger partial charge is 0.266 e. The van der Waals surface area contributed by atoms with E-state index in [1.54, 1.807) is 47.9 Å². The summed E-state index contributed by atoms with van der Waals surface area (Å²) in [5, 5.41) is 12.5. The maximum absolute atomic E-state index is 13.5. The number of nitriles is 1. The zero-order valence-electron chi connectivity index (χ0n) is 18.5. The van der Waals surface area contributed by atoms with Gasteiger partial charge in [-0.3, -0.25) is 14.2 Å². The Morgan fingerprint density at radius 2 is 1.73 bits per heavy atom. The highest BCUT2D eigenvalue weighted by Gasteiger charge is 2.21. The first-order valence-electron chi connectivity index (χ1n) is 10.4. The van der Waals surface area contributed by atoms with Gasteiger partial charge in [0, 0.05) is 0 Å². The summed E-state index contributed by atoms with van der Waals surface area (Å²) in [6.07, 6.45) is 0. The lowest BCUT2D eigenvalue weighted by Gasteiger charge is -2.17. The number of hydrogen-bond acceptors (Lipinski definition) is 5. The predicted octanol–water partition coefficient (Wildman–Crippen LogP) is 4.99. The number of thioether (sulfide) groups is 1. The van der Waals surface area contributed by atoms with Crippen molar-refractivity contribution < 1.29 is 4.79 Å². The molecule has 33 heavy (non-hydrogen) atoms. The Bertz CT molecular complexity index is 1450. The van der Waals surface area contributed by atoms with Crippen molar-refractivity contribution in [3.8, 4) is 11.8 Å². The molecule has 1 amide bonds. The fourth-order valence-corrected chi connectivity index (χ4v) is 4.56. The molecule has 1 unspecified atom stereocenters. The second-order valence-corrected chi connectivity index (χ2v) is 9.11. The summed E-state index contributed by atoms with van der Waals surface area (Å²) >= 11 is 1.20. The number of carbonyl (C=O) groups is 1. The summed E-state index contributed by atoms with van der Waals surface area (Å²) in [4.78, 5) is 31.1. The minimum Gasteiger partial charge on any atom is -0.324 e. The zero-order valence-corrected chi connectivity index (χ0v) is 19.3. The molecule has 1 heterocycles. The van der Waals surface area contributed by atoms with E-state index in [1.807, 2.05) is 44.2 Å². The number of fused-ring (bicyclic) bond motifs is 1. The van der Waals surface area contributed by atoms with Crippen molar-refractivity contribution >= 4 is 34.3 Å². The lowest BCUT2D eigenvalue weighted by molar-refractivity contribution is -0.115. The molecule has 0 spiro atoms. The molecule has 7 heteroatoms. The van der Waals surface area contributed by atoms with E-state index in [1.165, 1.54) is 11.8 Å². The number of para-hydroxylation sites is 2. The van der Waals surface area contributed by atoms with Crippen LogP contribution in [-0.4, -0.2) is 20.7 Å². The summed E-state index contributed by atoms with van der Waals surface area (Å²) in [6, 6.07) is 22.0. The number of anilines is 1. The van der Waals surface area contributed by atoms with Crippen LogP contribution >= 0.6 is 11.8 Å². The topological polar surface area (TPSA) is 87.8 Å². The molecule has 0 aliphatic rings. The standard InChI is InChI=1S/C26H22N4O2S/c1-16-12-17(2)14-20(13-16)30-25(32)21-9-5-7-11-23(21)29-26(30)33-18(3)24(31)28-22-10-6-4-8-19(22)15-27/h4-14,18H,1-3H3,(H,28,31). The normalized spacial score (nSPS) is 11.7. The molecule has 1 N–H and O–H groups in total.